The summed E-state index contributed by atoms with van der Waals surface area (Å²) in [6.07, 6.45) is 7.16. The van der Waals surface area contributed by atoms with Crippen molar-refractivity contribution in [3.8, 4) is 0 Å². The van der Waals surface area contributed by atoms with E-state index in [0.29, 0.717) is 12.0 Å². The number of carbonyl (C=O) groups excluding carboxylic acids is 1. The van der Waals surface area contributed by atoms with Crippen molar-refractivity contribution in [1.82, 2.24) is 5.32 Å². The maximum atomic E-state index is 11.7. The highest BCUT2D eigenvalue weighted by Gasteiger charge is 2.23. The highest BCUT2D eigenvalue weighted by Crippen LogP contribution is 2.23. The molecule has 1 aliphatic rings. The molecule has 0 bridgehead atoms. The van der Waals surface area contributed by atoms with Crippen molar-refractivity contribution in [3.63, 3.8) is 0 Å². The molecule has 88 valence electrons. The molecule has 0 radical (unpaired) electrons. The molecule has 0 aliphatic heterocycles. The summed E-state index contributed by atoms with van der Waals surface area (Å²) in [5.41, 5.74) is 0. The second-order valence-electron chi connectivity index (χ2n) is 4.61. The summed E-state index contributed by atoms with van der Waals surface area (Å²) in [4.78, 5) is 11.7. The third-order valence-electron chi connectivity index (χ3n) is 3.33. The first-order valence-electron chi connectivity index (χ1n) is 6.09. The van der Waals surface area contributed by atoms with Gasteiger partial charge in [0.2, 0.25) is 5.91 Å². The van der Waals surface area contributed by atoms with Crippen molar-refractivity contribution in [3.05, 3.63) is 0 Å². The van der Waals surface area contributed by atoms with E-state index in [9.17, 15) is 4.79 Å². The molecule has 0 heterocycles. The molecule has 1 rings (SSSR count). The summed E-state index contributed by atoms with van der Waals surface area (Å²) in [5.74, 6) is 0.796. The van der Waals surface area contributed by atoms with Gasteiger partial charge in [0.15, 0.2) is 0 Å². The molecule has 3 unspecified atom stereocenters. The maximum Gasteiger partial charge on any atom is 0.233 e. The van der Waals surface area contributed by atoms with E-state index in [2.05, 4.69) is 28.2 Å². The van der Waals surface area contributed by atoms with Gasteiger partial charge in [0.1, 0.15) is 0 Å². The molecule has 1 amide bonds. The van der Waals surface area contributed by atoms with Gasteiger partial charge in [-0.2, -0.15) is 0 Å². The van der Waals surface area contributed by atoms with Crippen LogP contribution in [0.4, 0.5) is 0 Å². The fraction of sp³-hybridized carbons (Fsp3) is 0.917. The van der Waals surface area contributed by atoms with Crippen molar-refractivity contribution < 1.29 is 4.79 Å². The van der Waals surface area contributed by atoms with E-state index in [1.165, 1.54) is 25.7 Å². The van der Waals surface area contributed by atoms with Crippen LogP contribution in [-0.2, 0) is 4.79 Å². The second-order valence-corrected chi connectivity index (χ2v) is 5.71. The van der Waals surface area contributed by atoms with Crippen LogP contribution in [-0.4, -0.2) is 16.8 Å². The second kappa shape index (κ2) is 6.51. The van der Waals surface area contributed by atoms with Crippen LogP contribution in [0.1, 0.15) is 52.4 Å². The number of rotatable bonds is 3. The molecular formula is C12H22BrNO. The van der Waals surface area contributed by atoms with E-state index in [1.807, 2.05) is 6.92 Å². The third-order valence-corrected chi connectivity index (χ3v) is 4.40. The van der Waals surface area contributed by atoms with Crippen LogP contribution in [0.2, 0.25) is 0 Å². The van der Waals surface area contributed by atoms with E-state index in [0.717, 1.165) is 12.8 Å². The van der Waals surface area contributed by atoms with E-state index >= 15 is 0 Å². The fourth-order valence-corrected chi connectivity index (χ4v) is 2.30. The molecule has 3 heteroatoms. The summed E-state index contributed by atoms with van der Waals surface area (Å²) in [7, 11) is 0. The van der Waals surface area contributed by atoms with Crippen molar-refractivity contribution in [2.45, 2.75) is 63.2 Å². The SMILES string of the molecule is CCC(Br)C(=O)NC1CCCCCC1C. The molecule has 1 fully saturated rings. The van der Waals surface area contributed by atoms with Crippen LogP contribution in [0.15, 0.2) is 0 Å². The quantitative estimate of drug-likeness (QED) is 0.622. The number of hydrogen-bond acceptors (Lipinski definition) is 1. The predicted molar refractivity (Wildman–Crippen MR) is 67.2 cm³/mol. The van der Waals surface area contributed by atoms with Crippen LogP contribution in [0.3, 0.4) is 0 Å². The lowest BCUT2D eigenvalue weighted by Crippen LogP contribution is -2.42. The summed E-state index contributed by atoms with van der Waals surface area (Å²) in [6.45, 7) is 4.28. The monoisotopic (exact) mass is 275 g/mol. The number of amides is 1. The molecule has 0 aromatic heterocycles. The lowest BCUT2D eigenvalue weighted by molar-refractivity contribution is -0.121. The van der Waals surface area contributed by atoms with Gasteiger partial charge in [-0.05, 0) is 25.2 Å². The number of nitrogens with one attached hydrogen (secondary N) is 1. The van der Waals surface area contributed by atoms with Gasteiger partial charge in [-0.25, -0.2) is 0 Å². The minimum absolute atomic E-state index is 0.0204. The minimum atomic E-state index is -0.0204. The highest BCUT2D eigenvalue weighted by molar-refractivity contribution is 9.10. The summed E-state index contributed by atoms with van der Waals surface area (Å²) < 4.78 is 0. The van der Waals surface area contributed by atoms with E-state index < -0.39 is 0 Å². The van der Waals surface area contributed by atoms with Crippen LogP contribution < -0.4 is 5.32 Å². The Morgan fingerprint density at radius 3 is 2.73 bits per heavy atom. The first-order chi connectivity index (χ1) is 7.15. The number of alkyl halides is 1. The number of halogens is 1. The van der Waals surface area contributed by atoms with Gasteiger partial charge in [0.25, 0.3) is 0 Å². The first-order valence-corrected chi connectivity index (χ1v) is 7.01. The maximum absolute atomic E-state index is 11.7. The van der Waals surface area contributed by atoms with Crippen molar-refractivity contribution in [2.24, 2.45) is 5.92 Å². The van der Waals surface area contributed by atoms with Crippen molar-refractivity contribution in [1.29, 1.82) is 0 Å². The van der Waals surface area contributed by atoms with Crippen molar-refractivity contribution >= 4 is 21.8 Å². The molecule has 1 aliphatic carbocycles. The molecule has 0 spiro atoms. The zero-order valence-corrected chi connectivity index (χ0v) is 11.3. The summed E-state index contributed by atoms with van der Waals surface area (Å²) in [6, 6.07) is 0.395. The Balaban J connectivity index is 2.44. The molecule has 15 heavy (non-hydrogen) atoms. The predicted octanol–water partition coefficient (Wildman–Crippen LogP) is 3.24. The van der Waals surface area contributed by atoms with Gasteiger partial charge in [0, 0.05) is 6.04 Å². The normalized spacial score (nSPS) is 29.3. The van der Waals surface area contributed by atoms with E-state index in [1.54, 1.807) is 0 Å². The van der Waals surface area contributed by atoms with Crippen LogP contribution >= 0.6 is 15.9 Å². The number of carbonyl (C=O) groups is 1. The Morgan fingerprint density at radius 2 is 2.07 bits per heavy atom. The zero-order valence-electron chi connectivity index (χ0n) is 9.76. The van der Waals surface area contributed by atoms with Crippen LogP contribution in [0.5, 0.6) is 0 Å². The molecule has 1 saturated carbocycles. The zero-order chi connectivity index (χ0) is 11.3. The van der Waals surface area contributed by atoms with E-state index in [-0.39, 0.29) is 10.7 Å². The average molecular weight is 276 g/mol. The van der Waals surface area contributed by atoms with E-state index in [4.69, 9.17) is 0 Å². The van der Waals surface area contributed by atoms with Gasteiger partial charge < -0.3 is 5.32 Å². The lowest BCUT2D eigenvalue weighted by Gasteiger charge is -2.23. The molecule has 0 aromatic carbocycles. The molecule has 3 atom stereocenters. The molecule has 2 nitrogen and oxygen atoms in total. The molecule has 0 aromatic rings. The smallest absolute Gasteiger partial charge is 0.233 e. The highest BCUT2D eigenvalue weighted by atomic mass is 79.9. The average Bonchev–Trinajstić information content (AvgIpc) is 2.43. The van der Waals surface area contributed by atoms with Crippen LogP contribution in [0, 0.1) is 5.92 Å². The minimum Gasteiger partial charge on any atom is -0.352 e. The van der Waals surface area contributed by atoms with Crippen LogP contribution in [0.25, 0.3) is 0 Å². The number of hydrogen-bond donors (Lipinski definition) is 1. The van der Waals surface area contributed by atoms with Gasteiger partial charge >= 0.3 is 0 Å². The molecule has 1 N–H and O–H groups in total. The van der Waals surface area contributed by atoms with Gasteiger partial charge in [-0.15, -0.1) is 0 Å². The van der Waals surface area contributed by atoms with Gasteiger partial charge in [0.05, 0.1) is 4.83 Å². The Bertz CT molecular complexity index is 208. The summed E-state index contributed by atoms with van der Waals surface area (Å²) in [5, 5.41) is 3.17. The standard InChI is InChI=1S/C12H22BrNO/c1-3-10(13)12(15)14-11-8-6-4-5-7-9(11)2/h9-11H,3-8H2,1-2H3,(H,14,15). The van der Waals surface area contributed by atoms with Gasteiger partial charge in [-0.1, -0.05) is 49.0 Å². The van der Waals surface area contributed by atoms with Gasteiger partial charge in [-0.3, -0.25) is 4.79 Å². The Labute approximate surface area is 101 Å². The summed E-state index contributed by atoms with van der Waals surface area (Å²) >= 11 is 3.40. The topological polar surface area (TPSA) is 29.1 Å². The molecular weight excluding hydrogens is 254 g/mol. The fourth-order valence-electron chi connectivity index (χ4n) is 2.17. The van der Waals surface area contributed by atoms with Crippen molar-refractivity contribution in [2.75, 3.05) is 0 Å². The Hall–Kier alpha value is -0.0500. The Kier molecular flexibility index (Phi) is 5.65. The third kappa shape index (κ3) is 4.13. The Morgan fingerprint density at radius 1 is 1.40 bits per heavy atom. The molecule has 0 saturated heterocycles. The first kappa shape index (κ1) is 13.0. The lowest BCUT2D eigenvalue weighted by atomic mass is 9.97. The largest absolute Gasteiger partial charge is 0.352 e.